The largest absolute Gasteiger partial charge is 0.387 e. The van der Waals surface area contributed by atoms with Gasteiger partial charge in [0.25, 0.3) is 0 Å². The molecule has 0 saturated carbocycles. The molecule has 14 nitrogen and oxygen atoms in total. The Hall–Kier alpha value is -3.24. The average Bonchev–Trinajstić information content (AvgIpc) is 2.82. The minimum atomic E-state index is -5.37. The van der Waals surface area contributed by atoms with Crippen LogP contribution in [0.1, 0.15) is 79.1 Å². The maximum Gasteiger partial charge on any atom is 0.308 e. The Kier molecular flexibility index (Phi) is 11.6. The van der Waals surface area contributed by atoms with Crippen molar-refractivity contribution in [1.29, 1.82) is 15.8 Å². The van der Waals surface area contributed by atoms with Crippen molar-refractivity contribution in [2.45, 2.75) is 79.1 Å². The zero-order chi connectivity index (χ0) is 33.7. The van der Waals surface area contributed by atoms with Gasteiger partial charge in [0, 0.05) is 35.6 Å². The summed E-state index contributed by atoms with van der Waals surface area (Å²) >= 11 is 0. The third-order valence-electron chi connectivity index (χ3n) is 7.18. The first-order valence-corrected chi connectivity index (χ1v) is 17.9. The van der Waals surface area contributed by atoms with Gasteiger partial charge in [-0.2, -0.15) is 41.0 Å². The molecule has 0 aromatic rings. The predicted molar refractivity (Wildman–Crippen MR) is 160 cm³/mol. The van der Waals surface area contributed by atoms with Gasteiger partial charge in [0.1, 0.15) is 18.2 Å². The smallest absolute Gasteiger partial charge is 0.308 e. The summed E-state index contributed by atoms with van der Waals surface area (Å²) in [5.74, 6) is 0. The first-order chi connectivity index (χ1) is 20.1. The summed E-state index contributed by atoms with van der Waals surface area (Å²) in [5.41, 5.74) is -1.11. The fourth-order valence-corrected chi connectivity index (χ4v) is 8.14. The van der Waals surface area contributed by atoms with E-state index in [1.165, 1.54) is 6.07 Å². The highest BCUT2D eigenvalue weighted by Gasteiger charge is 2.40. The molecule has 0 aromatic carbocycles. The summed E-state index contributed by atoms with van der Waals surface area (Å²) in [6.45, 7) is 7.99. The van der Waals surface area contributed by atoms with Crippen molar-refractivity contribution in [3.8, 4) is 18.2 Å². The minimum absolute atomic E-state index is 0.0162. The van der Waals surface area contributed by atoms with E-state index in [2.05, 4.69) is 10.6 Å². The van der Waals surface area contributed by atoms with E-state index in [0.717, 1.165) is 12.8 Å². The molecule has 0 atom stereocenters. The molecule has 0 unspecified atom stereocenters. The van der Waals surface area contributed by atoms with Crippen LogP contribution < -0.4 is 10.6 Å². The highest BCUT2D eigenvalue weighted by Crippen LogP contribution is 2.44. The first kappa shape index (κ1) is 36.9. The van der Waals surface area contributed by atoms with E-state index in [1.807, 2.05) is 19.9 Å². The summed E-state index contributed by atoms with van der Waals surface area (Å²) < 4.78 is 97.8. The van der Waals surface area contributed by atoms with Gasteiger partial charge in [0.05, 0.1) is 11.1 Å². The molecule has 5 N–H and O–H groups in total. The van der Waals surface area contributed by atoms with Crippen LogP contribution in [0.2, 0.25) is 0 Å². The van der Waals surface area contributed by atoms with Gasteiger partial charge in [-0.3, -0.25) is 13.7 Å². The maximum atomic E-state index is 11.8. The van der Waals surface area contributed by atoms with Gasteiger partial charge in [-0.05, 0) is 49.4 Å². The van der Waals surface area contributed by atoms with Gasteiger partial charge in [-0.1, -0.05) is 40.5 Å². The van der Waals surface area contributed by atoms with Gasteiger partial charge in [-0.15, -0.1) is 0 Å². The zero-order valence-electron chi connectivity index (χ0n) is 24.9. The van der Waals surface area contributed by atoms with Crippen molar-refractivity contribution >= 4 is 30.4 Å². The van der Waals surface area contributed by atoms with E-state index in [0.29, 0.717) is 50.2 Å². The second kappa shape index (κ2) is 13.8. The number of nitrogens with zero attached hydrogens (tertiary/aromatic N) is 3. The van der Waals surface area contributed by atoms with Crippen LogP contribution in [0, 0.1) is 44.8 Å². The van der Waals surface area contributed by atoms with Gasteiger partial charge in [0.2, 0.25) is 4.24 Å². The molecule has 0 radical (unpaired) electrons. The highest BCUT2D eigenvalue weighted by atomic mass is 32.3. The number of nitriles is 3. The van der Waals surface area contributed by atoms with Crippen molar-refractivity contribution in [2.24, 2.45) is 10.8 Å². The number of rotatable bonds is 12. The van der Waals surface area contributed by atoms with E-state index in [9.17, 15) is 54.7 Å². The van der Waals surface area contributed by atoms with E-state index in [4.69, 9.17) is 0 Å². The minimum Gasteiger partial charge on any atom is -0.387 e. The summed E-state index contributed by atoms with van der Waals surface area (Å²) in [6.07, 6.45) is 3.42. The Bertz CT molecular complexity index is 1730. The van der Waals surface area contributed by atoms with Crippen molar-refractivity contribution in [3.63, 3.8) is 0 Å². The standard InChI is InChI=1S/C27H37N5O9S3/c1-26(2)11-18(24(17-30)42(33,34)35)20(15-28)22(13-26)31-9-7-5-6-8-10-32-23-14-27(3,4)12-19(21(23)16-29)25(43(36,37)38)44(39,40)41/h31-32H,5-14H2,1-4H3,(H,33,34,35)(H,36,37,38)(H,39,40,41)/b24-18+. The topological polar surface area (TPSA) is 259 Å². The van der Waals surface area contributed by atoms with E-state index >= 15 is 0 Å². The quantitative estimate of drug-likeness (QED) is 0.113. The molecule has 0 bridgehead atoms. The molecule has 2 aliphatic rings. The molecule has 0 spiro atoms. The average molecular weight is 672 g/mol. The van der Waals surface area contributed by atoms with E-state index in [1.54, 1.807) is 19.9 Å². The molecule has 0 aliphatic heterocycles. The molecular weight excluding hydrogens is 635 g/mol. The Morgan fingerprint density at radius 3 is 1.39 bits per heavy atom. The Morgan fingerprint density at radius 2 is 1.05 bits per heavy atom. The lowest BCUT2D eigenvalue weighted by Gasteiger charge is -2.34. The molecule has 0 fully saturated rings. The summed E-state index contributed by atoms with van der Waals surface area (Å²) in [6, 6.07) is 5.28. The molecule has 17 heteroatoms. The second-order valence-electron chi connectivity index (χ2n) is 12.3. The number of nitrogens with one attached hydrogen (secondary N) is 2. The normalized spacial score (nSPS) is 19.9. The Balaban J connectivity index is 2.09. The molecule has 44 heavy (non-hydrogen) atoms. The first-order valence-electron chi connectivity index (χ1n) is 13.6. The second-order valence-corrected chi connectivity index (χ2v) is 16.7. The van der Waals surface area contributed by atoms with Gasteiger partial charge in [-0.25, -0.2) is 0 Å². The molecule has 2 rings (SSSR count). The van der Waals surface area contributed by atoms with Gasteiger partial charge >= 0.3 is 30.4 Å². The van der Waals surface area contributed by atoms with Crippen molar-refractivity contribution in [1.82, 2.24) is 10.6 Å². The molecular formula is C27H37N5O9S3. The predicted octanol–water partition coefficient (Wildman–Crippen LogP) is 3.57. The molecule has 0 heterocycles. The number of allylic oxidation sites excluding steroid dienone is 7. The summed E-state index contributed by atoms with van der Waals surface area (Å²) in [7, 11) is -15.5. The Labute approximate surface area is 259 Å². The number of hydrogen-bond acceptors (Lipinski definition) is 11. The molecule has 2 aliphatic carbocycles. The lowest BCUT2D eigenvalue weighted by atomic mass is 9.74. The molecule has 0 saturated heterocycles. The zero-order valence-corrected chi connectivity index (χ0v) is 27.4. The van der Waals surface area contributed by atoms with Crippen molar-refractivity contribution in [3.05, 3.63) is 42.8 Å². The summed E-state index contributed by atoms with van der Waals surface area (Å²) in [4.78, 5) is -0.834. The van der Waals surface area contributed by atoms with Crippen LogP contribution in [0.5, 0.6) is 0 Å². The molecule has 0 amide bonds. The maximum absolute atomic E-state index is 11.8. The van der Waals surface area contributed by atoms with Crippen molar-refractivity contribution in [2.75, 3.05) is 13.1 Å². The van der Waals surface area contributed by atoms with Crippen molar-refractivity contribution < 1.29 is 38.9 Å². The Morgan fingerprint density at radius 1 is 0.659 bits per heavy atom. The lowest BCUT2D eigenvalue weighted by Crippen LogP contribution is -2.30. The van der Waals surface area contributed by atoms with Crippen LogP contribution in [-0.2, 0) is 30.4 Å². The van der Waals surface area contributed by atoms with E-state index in [-0.39, 0.29) is 29.6 Å². The van der Waals surface area contributed by atoms with Crippen LogP contribution in [0.25, 0.3) is 0 Å². The van der Waals surface area contributed by atoms with Crippen LogP contribution in [0.15, 0.2) is 42.8 Å². The monoisotopic (exact) mass is 671 g/mol. The van der Waals surface area contributed by atoms with Gasteiger partial charge < -0.3 is 10.6 Å². The SMILES string of the molecule is CC1(C)CC(NCCCCCCNC2=C(C#N)/C(=C(\C#N)S(=O)(=O)O)CC(C)(C)C2)=C(C#N)C(=C(S(=O)(=O)O)S(=O)(=O)O)C1. The third kappa shape index (κ3) is 9.63. The highest BCUT2D eigenvalue weighted by molar-refractivity contribution is 8.09. The number of unbranched alkanes of at least 4 members (excludes halogenated alkanes) is 3. The van der Waals surface area contributed by atoms with E-state index < -0.39 is 55.9 Å². The van der Waals surface area contributed by atoms with Crippen LogP contribution in [0.4, 0.5) is 0 Å². The fourth-order valence-electron chi connectivity index (χ4n) is 5.50. The van der Waals surface area contributed by atoms with Crippen LogP contribution >= 0.6 is 0 Å². The van der Waals surface area contributed by atoms with Crippen LogP contribution in [0.3, 0.4) is 0 Å². The van der Waals surface area contributed by atoms with Gasteiger partial charge in [0.15, 0.2) is 4.91 Å². The summed E-state index contributed by atoms with van der Waals surface area (Å²) in [5, 5.41) is 35.1. The fraction of sp³-hybridized carbons (Fsp3) is 0.593. The lowest BCUT2D eigenvalue weighted by molar-refractivity contribution is 0.336. The molecule has 0 aromatic heterocycles. The van der Waals surface area contributed by atoms with Crippen LogP contribution in [-0.4, -0.2) is 52.0 Å². The molecule has 242 valence electrons. The number of hydrogen-bond donors (Lipinski definition) is 5. The third-order valence-corrected chi connectivity index (χ3v) is 10.7.